The third-order valence-electron chi connectivity index (χ3n) is 8.21. The first-order chi connectivity index (χ1) is 19.1. The van der Waals surface area contributed by atoms with Gasteiger partial charge in [0.15, 0.2) is 0 Å². The van der Waals surface area contributed by atoms with E-state index in [-0.39, 0.29) is 5.91 Å². The molecule has 0 saturated carbocycles. The number of hydrogen-bond acceptors (Lipinski definition) is 2. The quantitative estimate of drug-likeness (QED) is 0.274. The van der Waals surface area contributed by atoms with Crippen LogP contribution < -0.4 is 0 Å². The second kappa shape index (κ2) is 13.6. The Morgan fingerprint density at radius 3 is 2.31 bits per heavy atom. The summed E-state index contributed by atoms with van der Waals surface area (Å²) in [5.74, 6) is 0.684. The SMILES string of the molecule is Cc1ccc(C(=O)N(Cc2ccc(C3=CCCC=C3)cc2)CC2CCN(CCCc3ccccc3)CC2)cc1. The predicted octanol–water partition coefficient (Wildman–Crippen LogP) is 7.72. The summed E-state index contributed by atoms with van der Waals surface area (Å²) in [6, 6.07) is 27.6. The average Bonchev–Trinajstić information content (AvgIpc) is 2.99. The number of carbonyl (C=O) groups excluding carboxylic acids is 1. The average molecular weight is 519 g/mol. The van der Waals surface area contributed by atoms with E-state index in [9.17, 15) is 4.79 Å². The molecule has 3 nitrogen and oxygen atoms in total. The van der Waals surface area contributed by atoms with Crippen molar-refractivity contribution < 1.29 is 4.79 Å². The van der Waals surface area contributed by atoms with E-state index in [1.807, 2.05) is 24.3 Å². The summed E-state index contributed by atoms with van der Waals surface area (Å²) in [5, 5.41) is 0. The van der Waals surface area contributed by atoms with Crippen molar-refractivity contribution >= 4 is 11.5 Å². The number of aryl methyl sites for hydroxylation is 2. The van der Waals surface area contributed by atoms with Gasteiger partial charge in [-0.15, -0.1) is 0 Å². The Hall–Kier alpha value is -3.43. The third-order valence-corrected chi connectivity index (χ3v) is 8.21. The van der Waals surface area contributed by atoms with Gasteiger partial charge in [-0.1, -0.05) is 90.5 Å². The zero-order valence-corrected chi connectivity index (χ0v) is 23.4. The minimum absolute atomic E-state index is 0.141. The standard InChI is InChI=1S/C36H42N2O/c1-29-14-18-35(19-15-29)36(39)38(27-31-16-20-34(21-17-31)33-12-6-3-7-13-33)28-32-22-25-37(26-23-32)24-8-11-30-9-4-2-5-10-30/h2,4-6,9-10,12-21,32H,3,7-8,11,22-28H2,1H3. The molecule has 5 rings (SSSR count). The summed E-state index contributed by atoms with van der Waals surface area (Å²) >= 11 is 0. The molecule has 1 aliphatic carbocycles. The van der Waals surface area contributed by atoms with Gasteiger partial charge in [-0.3, -0.25) is 4.79 Å². The maximum absolute atomic E-state index is 13.7. The maximum Gasteiger partial charge on any atom is 0.254 e. The minimum Gasteiger partial charge on any atom is -0.334 e. The van der Waals surface area contributed by atoms with Crippen molar-refractivity contribution in [1.82, 2.24) is 9.80 Å². The Balaban J connectivity index is 1.19. The highest BCUT2D eigenvalue weighted by molar-refractivity contribution is 5.94. The van der Waals surface area contributed by atoms with E-state index in [1.54, 1.807) is 0 Å². The van der Waals surface area contributed by atoms with Crippen LogP contribution in [0.5, 0.6) is 0 Å². The molecule has 1 fully saturated rings. The molecule has 0 atom stereocenters. The van der Waals surface area contributed by atoms with Crippen LogP contribution in [0.1, 0.15) is 64.7 Å². The van der Waals surface area contributed by atoms with Gasteiger partial charge in [-0.25, -0.2) is 0 Å². The number of nitrogens with zero attached hydrogens (tertiary/aromatic N) is 2. The molecule has 0 N–H and O–H groups in total. The van der Waals surface area contributed by atoms with E-state index >= 15 is 0 Å². The van der Waals surface area contributed by atoms with Crippen LogP contribution in [-0.4, -0.2) is 41.9 Å². The zero-order chi connectivity index (χ0) is 26.9. The van der Waals surface area contributed by atoms with E-state index in [0.717, 1.165) is 63.8 Å². The lowest BCUT2D eigenvalue weighted by Crippen LogP contribution is -2.41. The Morgan fingerprint density at radius 2 is 1.62 bits per heavy atom. The number of hydrogen-bond donors (Lipinski definition) is 0. The fourth-order valence-electron chi connectivity index (χ4n) is 5.80. The molecule has 1 saturated heterocycles. The highest BCUT2D eigenvalue weighted by Crippen LogP contribution is 2.24. The molecule has 1 amide bonds. The van der Waals surface area contributed by atoms with Gasteiger partial charge in [0.05, 0.1) is 0 Å². The molecule has 0 spiro atoms. The molecule has 3 aromatic rings. The fourth-order valence-corrected chi connectivity index (χ4v) is 5.80. The lowest BCUT2D eigenvalue weighted by atomic mass is 9.95. The van der Waals surface area contributed by atoms with Gasteiger partial charge in [-0.05, 0) is 105 Å². The highest BCUT2D eigenvalue weighted by Gasteiger charge is 2.24. The topological polar surface area (TPSA) is 23.6 Å². The molecular formula is C36H42N2O. The van der Waals surface area contributed by atoms with Crippen molar-refractivity contribution in [2.24, 2.45) is 5.92 Å². The van der Waals surface area contributed by atoms with E-state index in [4.69, 9.17) is 0 Å². The van der Waals surface area contributed by atoms with Gasteiger partial charge in [0.25, 0.3) is 5.91 Å². The largest absolute Gasteiger partial charge is 0.334 e. The maximum atomic E-state index is 13.7. The first kappa shape index (κ1) is 27.1. The monoisotopic (exact) mass is 518 g/mol. The summed E-state index contributed by atoms with van der Waals surface area (Å²) in [6.07, 6.45) is 13.7. The number of amides is 1. The summed E-state index contributed by atoms with van der Waals surface area (Å²) in [6.45, 7) is 6.95. The van der Waals surface area contributed by atoms with Crippen molar-refractivity contribution in [3.63, 3.8) is 0 Å². The molecule has 0 unspecified atom stereocenters. The van der Waals surface area contributed by atoms with Crippen molar-refractivity contribution in [2.45, 2.75) is 52.0 Å². The first-order valence-corrected chi connectivity index (χ1v) is 14.7. The zero-order valence-electron chi connectivity index (χ0n) is 23.4. The van der Waals surface area contributed by atoms with Crippen molar-refractivity contribution in [3.8, 4) is 0 Å². The van der Waals surface area contributed by atoms with E-state index in [0.29, 0.717) is 12.5 Å². The lowest BCUT2D eigenvalue weighted by molar-refractivity contribution is 0.0674. The summed E-state index contributed by atoms with van der Waals surface area (Å²) < 4.78 is 0. The Kier molecular flexibility index (Phi) is 9.45. The molecule has 2 aliphatic rings. The molecular weight excluding hydrogens is 476 g/mol. The van der Waals surface area contributed by atoms with E-state index in [2.05, 4.69) is 89.5 Å². The van der Waals surface area contributed by atoms with Gasteiger partial charge in [0, 0.05) is 18.7 Å². The van der Waals surface area contributed by atoms with Crippen LogP contribution >= 0.6 is 0 Å². The van der Waals surface area contributed by atoms with Crippen molar-refractivity contribution in [1.29, 1.82) is 0 Å². The molecule has 0 bridgehead atoms. The molecule has 3 heteroatoms. The van der Waals surface area contributed by atoms with E-state index in [1.165, 1.54) is 34.2 Å². The van der Waals surface area contributed by atoms with Crippen LogP contribution in [0.3, 0.4) is 0 Å². The molecule has 1 heterocycles. The van der Waals surface area contributed by atoms with Crippen LogP contribution in [0.25, 0.3) is 5.57 Å². The molecule has 39 heavy (non-hydrogen) atoms. The summed E-state index contributed by atoms with van der Waals surface area (Å²) in [7, 11) is 0. The number of piperidine rings is 1. The number of allylic oxidation sites excluding steroid dienone is 4. The van der Waals surface area contributed by atoms with Crippen molar-refractivity contribution in [3.05, 3.63) is 125 Å². The predicted molar refractivity (Wildman–Crippen MR) is 163 cm³/mol. The molecule has 1 aliphatic heterocycles. The number of rotatable bonds is 10. The Labute approximate surface area is 234 Å². The van der Waals surface area contributed by atoms with Crippen LogP contribution in [-0.2, 0) is 13.0 Å². The normalized spacial score (nSPS) is 16.2. The smallest absolute Gasteiger partial charge is 0.254 e. The second-order valence-corrected chi connectivity index (χ2v) is 11.3. The van der Waals surface area contributed by atoms with E-state index < -0.39 is 0 Å². The van der Waals surface area contributed by atoms with Crippen LogP contribution in [0, 0.1) is 12.8 Å². The molecule has 0 radical (unpaired) electrons. The van der Waals surface area contributed by atoms with Gasteiger partial charge in [-0.2, -0.15) is 0 Å². The summed E-state index contributed by atoms with van der Waals surface area (Å²) in [4.78, 5) is 18.4. The number of carbonyl (C=O) groups is 1. The molecule has 0 aromatic heterocycles. The van der Waals surface area contributed by atoms with Crippen LogP contribution in [0.15, 0.2) is 97.1 Å². The Bertz CT molecular complexity index is 1250. The third kappa shape index (κ3) is 7.80. The van der Waals surface area contributed by atoms with Crippen molar-refractivity contribution in [2.75, 3.05) is 26.2 Å². The van der Waals surface area contributed by atoms with Crippen LogP contribution in [0.4, 0.5) is 0 Å². The minimum atomic E-state index is 0.141. The summed E-state index contributed by atoms with van der Waals surface area (Å²) in [5.41, 5.74) is 7.14. The molecule has 3 aromatic carbocycles. The lowest BCUT2D eigenvalue weighted by Gasteiger charge is -2.35. The number of benzene rings is 3. The van der Waals surface area contributed by atoms with Gasteiger partial charge in [0.1, 0.15) is 0 Å². The van der Waals surface area contributed by atoms with Gasteiger partial charge < -0.3 is 9.80 Å². The number of likely N-dealkylation sites (tertiary alicyclic amines) is 1. The first-order valence-electron chi connectivity index (χ1n) is 14.7. The fraction of sp³-hybridized carbons (Fsp3) is 0.361. The van der Waals surface area contributed by atoms with Crippen LogP contribution in [0.2, 0.25) is 0 Å². The Morgan fingerprint density at radius 1 is 0.872 bits per heavy atom. The highest BCUT2D eigenvalue weighted by atomic mass is 16.2. The molecule has 202 valence electrons. The van der Waals surface area contributed by atoms with Gasteiger partial charge in [0.2, 0.25) is 0 Å². The second-order valence-electron chi connectivity index (χ2n) is 11.3. The van der Waals surface area contributed by atoms with Gasteiger partial charge >= 0.3 is 0 Å².